The molecule has 0 aliphatic rings. The predicted octanol–water partition coefficient (Wildman–Crippen LogP) is 2.78. The van der Waals surface area contributed by atoms with Crippen LogP contribution in [-0.4, -0.2) is 7.11 Å². The van der Waals surface area contributed by atoms with Crippen LogP contribution in [0.2, 0.25) is 0 Å². The molecule has 0 unspecified atom stereocenters. The summed E-state index contributed by atoms with van der Waals surface area (Å²) in [6.45, 7) is 0.707. The van der Waals surface area contributed by atoms with Crippen molar-refractivity contribution in [1.82, 2.24) is 0 Å². The van der Waals surface area contributed by atoms with E-state index < -0.39 is 11.6 Å². The second kappa shape index (κ2) is 4.45. The number of nitrogens with two attached hydrogens (primary N) is 1. The lowest BCUT2D eigenvalue weighted by molar-refractivity contribution is 0.185. The number of hydrogen-bond acceptors (Lipinski definition) is 3. The van der Waals surface area contributed by atoms with Crippen molar-refractivity contribution < 1.29 is 13.5 Å². The molecule has 2 aromatic rings. The maximum absolute atomic E-state index is 13.1. The van der Waals surface area contributed by atoms with Gasteiger partial charge in [0.25, 0.3) is 0 Å². The molecule has 2 N–H and O–H groups in total. The average molecular weight is 243 g/mol. The van der Waals surface area contributed by atoms with E-state index in [1.54, 1.807) is 7.11 Å². The van der Waals surface area contributed by atoms with Crippen LogP contribution in [0.15, 0.2) is 12.1 Å². The average Bonchev–Trinajstić information content (AvgIpc) is 2.58. The fraction of sp³-hybridized carbons (Fsp3) is 0.273. The van der Waals surface area contributed by atoms with E-state index in [0.717, 1.165) is 10.4 Å². The largest absolute Gasteiger partial charge is 0.380 e. The van der Waals surface area contributed by atoms with Gasteiger partial charge >= 0.3 is 0 Å². The molecule has 16 heavy (non-hydrogen) atoms. The zero-order valence-corrected chi connectivity index (χ0v) is 9.54. The highest BCUT2D eigenvalue weighted by molar-refractivity contribution is 7.19. The molecule has 0 saturated heterocycles. The number of fused-ring (bicyclic) bond motifs is 1. The molecule has 1 aromatic heterocycles. The third kappa shape index (κ3) is 1.81. The maximum Gasteiger partial charge on any atom is 0.160 e. The highest BCUT2D eigenvalue weighted by atomic mass is 32.1. The van der Waals surface area contributed by atoms with Crippen LogP contribution >= 0.6 is 11.3 Å². The van der Waals surface area contributed by atoms with Gasteiger partial charge in [-0.2, -0.15) is 0 Å². The van der Waals surface area contributed by atoms with Crippen LogP contribution < -0.4 is 5.73 Å². The van der Waals surface area contributed by atoms with E-state index in [2.05, 4.69) is 0 Å². The molecule has 5 heteroatoms. The van der Waals surface area contributed by atoms with Crippen molar-refractivity contribution in [2.75, 3.05) is 7.11 Å². The van der Waals surface area contributed by atoms with Crippen LogP contribution in [0.3, 0.4) is 0 Å². The molecular formula is C11H11F2NOS. The summed E-state index contributed by atoms with van der Waals surface area (Å²) in [5.74, 6) is -1.67. The van der Waals surface area contributed by atoms with Crippen LogP contribution in [0.1, 0.15) is 10.4 Å². The normalized spacial score (nSPS) is 11.2. The van der Waals surface area contributed by atoms with Crippen LogP contribution in [0.5, 0.6) is 0 Å². The highest BCUT2D eigenvalue weighted by Crippen LogP contribution is 2.33. The predicted molar refractivity (Wildman–Crippen MR) is 60.3 cm³/mol. The molecule has 2 nitrogen and oxygen atoms in total. The summed E-state index contributed by atoms with van der Waals surface area (Å²) in [6.07, 6.45) is 0. The summed E-state index contributed by atoms with van der Waals surface area (Å²) >= 11 is 1.38. The van der Waals surface area contributed by atoms with Crippen molar-refractivity contribution in [2.24, 2.45) is 5.73 Å². The summed E-state index contributed by atoms with van der Waals surface area (Å²) < 4.78 is 31.9. The topological polar surface area (TPSA) is 35.2 Å². The third-order valence-electron chi connectivity index (χ3n) is 2.39. The Bertz CT molecular complexity index is 524. The summed E-state index contributed by atoms with van der Waals surface area (Å²) in [4.78, 5) is 0.904. The number of halogens is 2. The van der Waals surface area contributed by atoms with Crippen LogP contribution in [0, 0.1) is 11.6 Å². The van der Waals surface area contributed by atoms with E-state index in [-0.39, 0.29) is 0 Å². The first-order chi connectivity index (χ1) is 7.67. The van der Waals surface area contributed by atoms with E-state index >= 15 is 0 Å². The van der Waals surface area contributed by atoms with Crippen molar-refractivity contribution in [2.45, 2.75) is 13.2 Å². The molecule has 0 aliphatic heterocycles. The Morgan fingerprint density at radius 2 is 2.00 bits per heavy atom. The van der Waals surface area contributed by atoms with Crippen molar-refractivity contribution >= 4 is 21.4 Å². The first-order valence-corrected chi connectivity index (χ1v) is 5.57. The van der Waals surface area contributed by atoms with Gasteiger partial charge in [0.15, 0.2) is 11.6 Å². The molecule has 0 saturated carbocycles. The SMILES string of the molecule is COCc1c(CN)sc2cc(F)c(F)cc12. The minimum atomic E-state index is -0.841. The lowest BCUT2D eigenvalue weighted by Crippen LogP contribution is -1.98. The number of ether oxygens (including phenoxy) is 1. The molecule has 2 rings (SSSR count). The zero-order valence-electron chi connectivity index (χ0n) is 8.72. The van der Waals surface area contributed by atoms with Crippen molar-refractivity contribution in [3.8, 4) is 0 Å². The standard InChI is InChI=1S/C11H11F2NOS/c1-15-5-7-6-2-8(12)9(13)3-10(6)16-11(7)4-14/h2-3H,4-5,14H2,1H3. The molecule has 0 radical (unpaired) electrons. The van der Waals surface area contributed by atoms with Crippen molar-refractivity contribution in [3.05, 3.63) is 34.2 Å². The number of methoxy groups -OCH3 is 1. The quantitative estimate of drug-likeness (QED) is 0.899. The number of rotatable bonds is 3. The molecule has 0 fully saturated rings. The smallest absolute Gasteiger partial charge is 0.160 e. The van der Waals surface area contributed by atoms with Crippen LogP contribution in [0.25, 0.3) is 10.1 Å². The monoisotopic (exact) mass is 243 g/mol. The third-order valence-corrected chi connectivity index (χ3v) is 3.61. The number of thiophene rings is 1. The minimum absolute atomic E-state index is 0.348. The lowest BCUT2D eigenvalue weighted by atomic mass is 10.1. The van der Waals surface area contributed by atoms with E-state index in [1.807, 2.05) is 0 Å². The van der Waals surface area contributed by atoms with Crippen molar-refractivity contribution in [1.29, 1.82) is 0 Å². The Kier molecular flexibility index (Phi) is 3.18. The molecule has 0 atom stereocenters. The van der Waals surface area contributed by atoms with Crippen molar-refractivity contribution in [3.63, 3.8) is 0 Å². The minimum Gasteiger partial charge on any atom is -0.380 e. The van der Waals surface area contributed by atoms with E-state index in [9.17, 15) is 8.78 Å². The molecular weight excluding hydrogens is 232 g/mol. The number of benzene rings is 1. The van der Waals surface area contributed by atoms with Gasteiger partial charge in [-0.15, -0.1) is 11.3 Å². The summed E-state index contributed by atoms with van der Waals surface area (Å²) in [6, 6.07) is 2.41. The molecule has 1 aromatic carbocycles. The first-order valence-electron chi connectivity index (χ1n) is 4.75. The Balaban J connectivity index is 2.69. The second-order valence-electron chi connectivity index (χ2n) is 3.40. The molecule has 0 amide bonds. The molecule has 0 bridgehead atoms. The second-order valence-corrected chi connectivity index (χ2v) is 4.54. The Morgan fingerprint density at radius 1 is 1.31 bits per heavy atom. The van der Waals surface area contributed by atoms with Gasteiger partial charge < -0.3 is 10.5 Å². The van der Waals surface area contributed by atoms with Gasteiger partial charge in [-0.05, 0) is 12.1 Å². The molecule has 1 heterocycles. The van der Waals surface area contributed by atoms with E-state index in [0.29, 0.717) is 23.2 Å². The fourth-order valence-electron chi connectivity index (χ4n) is 1.66. The van der Waals surface area contributed by atoms with Crippen LogP contribution in [-0.2, 0) is 17.9 Å². The van der Waals surface area contributed by atoms with Gasteiger partial charge in [0.2, 0.25) is 0 Å². The van der Waals surface area contributed by atoms with Gasteiger partial charge in [0, 0.05) is 34.2 Å². The van der Waals surface area contributed by atoms with E-state index in [1.165, 1.54) is 23.5 Å². The van der Waals surface area contributed by atoms with Gasteiger partial charge in [0.05, 0.1) is 6.61 Å². The Labute approximate surface area is 95.6 Å². The summed E-state index contributed by atoms with van der Waals surface area (Å²) in [7, 11) is 1.56. The van der Waals surface area contributed by atoms with Gasteiger partial charge in [0.1, 0.15) is 0 Å². The van der Waals surface area contributed by atoms with Gasteiger partial charge in [-0.3, -0.25) is 0 Å². The lowest BCUT2D eigenvalue weighted by Gasteiger charge is -2.01. The van der Waals surface area contributed by atoms with E-state index in [4.69, 9.17) is 10.5 Å². The Hall–Kier alpha value is -1.04. The highest BCUT2D eigenvalue weighted by Gasteiger charge is 2.14. The summed E-state index contributed by atoms with van der Waals surface area (Å²) in [5, 5.41) is 0.686. The van der Waals surface area contributed by atoms with Gasteiger partial charge in [-0.1, -0.05) is 0 Å². The first kappa shape index (κ1) is 11.4. The Morgan fingerprint density at radius 3 is 2.62 bits per heavy atom. The van der Waals surface area contributed by atoms with Gasteiger partial charge in [-0.25, -0.2) is 8.78 Å². The number of hydrogen-bond donors (Lipinski definition) is 1. The maximum atomic E-state index is 13.1. The summed E-state index contributed by atoms with van der Waals surface area (Å²) in [5.41, 5.74) is 6.44. The molecule has 0 spiro atoms. The molecule has 0 aliphatic carbocycles. The zero-order chi connectivity index (χ0) is 11.7. The fourth-order valence-corrected chi connectivity index (χ4v) is 2.76. The molecule has 86 valence electrons. The van der Waals surface area contributed by atoms with Crippen LogP contribution in [0.4, 0.5) is 8.78 Å².